The molecule has 1 aromatic heterocycles. The molecule has 3 heterocycles. The number of pyridine rings is 1. The molecule has 0 radical (unpaired) electrons. The van der Waals surface area contributed by atoms with Gasteiger partial charge in [0.25, 0.3) is 0 Å². The van der Waals surface area contributed by atoms with Crippen LogP contribution >= 0.6 is 0 Å². The summed E-state index contributed by atoms with van der Waals surface area (Å²) in [4.78, 5) is 14.1. The van der Waals surface area contributed by atoms with Crippen LogP contribution in [-0.2, 0) is 31.9 Å². The van der Waals surface area contributed by atoms with Gasteiger partial charge >= 0.3 is 0 Å². The van der Waals surface area contributed by atoms with Gasteiger partial charge in [0.05, 0.1) is 5.69 Å². The van der Waals surface area contributed by atoms with Crippen molar-refractivity contribution in [1.29, 1.82) is 0 Å². The fraction of sp³-hybridized carbons (Fsp3) is 0.129. The molecule has 5 nitrogen and oxygen atoms in total. The van der Waals surface area contributed by atoms with Crippen LogP contribution in [-0.4, -0.2) is 4.98 Å². The van der Waals surface area contributed by atoms with Crippen LogP contribution in [0.3, 0.4) is 0 Å². The summed E-state index contributed by atoms with van der Waals surface area (Å²) in [5.74, 6) is 0.819. The van der Waals surface area contributed by atoms with E-state index in [1.54, 1.807) is 0 Å². The topological polar surface area (TPSA) is 25.9 Å². The van der Waals surface area contributed by atoms with Crippen molar-refractivity contribution in [2.75, 3.05) is 19.6 Å². The average molecular weight is 1060 g/mol. The number of anilines is 10. The van der Waals surface area contributed by atoms with Gasteiger partial charge in [0.1, 0.15) is 5.82 Å². The summed E-state index contributed by atoms with van der Waals surface area (Å²) in [5, 5.41) is 0. The summed E-state index contributed by atoms with van der Waals surface area (Å²) >= 11 is 0. The van der Waals surface area contributed by atoms with Crippen molar-refractivity contribution in [3.8, 4) is 33.4 Å². The summed E-state index contributed by atoms with van der Waals surface area (Å²) in [6.07, 6.45) is 1.86. The average Bonchev–Trinajstić information content (AvgIpc) is 3.69. The molecule has 8 aromatic carbocycles. The predicted octanol–water partition coefficient (Wildman–Crippen LogP) is 16.9. The standard InChI is InChI=1S/C62H52N5.Pt/c1-61(2,3)45-37-46(62(4,5)6)39-50(38-45)65-42-64(57-29-17-18-30-58(57)65)49-35-44(43-21-9-7-10-22-43)36-51(40-49)66(47-23-11-8-12-24-47)48-32-33-55-53-26-14-13-25-52(53)54-27-15-16-28-56(54)67(59(55)41-48)60-31-19-20-34-63-60;/h7-39,42H,1-6H3;/q-3;. The van der Waals surface area contributed by atoms with Crippen LogP contribution in [0.15, 0.2) is 200 Å². The number of nitrogens with zero attached hydrogens (tertiary/aromatic N) is 5. The minimum absolute atomic E-state index is 0. The smallest absolute Gasteiger partial charge is 0.135 e. The van der Waals surface area contributed by atoms with Gasteiger partial charge in [-0.3, -0.25) is 0 Å². The molecule has 0 unspecified atom stereocenters. The van der Waals surface area contributed by atoms with Crippen molar-refractivity contribution in [2.45, 2.75) is 52.4 Å². The van der Waals surface area contributed by atoms with Gasteiger partial charge in [0.2, 0.25) is 0 Å². The first kappa shape index (κ1) is 44.6. The Morgan fingerprint density at radius 3 is 1.69 bits per heavy atom. The fourth-order valence-electron chi connectivity index (χ4n) is 9.39. The van der Waals surface area contributed by atoms with E-state index in [1.807, 2.05) is 18.3 Å². The first-order chi connectivity index (χ1) is 32.5. The van der Waals surface area contributed by atoms with Gasteiger partial charge in [-0.25, -0.2) is 4.98 Å². The van der Waals surface area contributed by atoms with Crippen LogP contribution in [0.2, 0.25) is 0 Å². The molecule has 0 spiro atoms. The van der Waals surface area contributed by atoms with Crippen molar-refractivity contribution in [2.24, 2.45) is 0 Å². The molecule has 0 atom stereocenters. The van der Waals surface area contributed by atoms with Gasteiger partial charge in [0, 0.05) is 55.6 Å². The van der Waals surface area contributed by atoms with E-state index in [9.17, 15) is 0 Å². The van der Waals surface area contributed by atoms with Crippen LogP contribution < -0.4 is 19.6 Å². The Balaban J connectivity index is 0.00000539. The van der Waals surface area contributed by atoms with E-state index in [0.717, 1.165) is 84.8 Å². The summed E-state index contributed by atoms with van der Waals surface area (Å²) in [7, 11) is 0. The second-order valence-corrected chi connectivity index (χ2v) is 19.5. The SMILES string of the molecule is CC(C)(C)c1cc(N2[CH-]N(c3[c-]c(N(c4[c-]c5c(cc4)-c4ccccc4-c4ccccc4N5c4ccccn4)c4ccccc4)cc(-c4ccccc4)c3)c3ccccc32)cc(C(C)(C)C)c1.[Pt]. The Labute approximate surface area is 416 Å². The Morgan fingerprint density at radius 1 is 0.471 bits per heavy atom. The number of para-hydroxylation sites is 4. The Hall–Kier alpha value is -7.20. The third-order valence-electron chi connectivity index (χ3n) is 12.9. The normalized spacial score (nSPS) is 12.9. The molecule has 68 heavy (non-hydrogen) atoms. The summed E-state index contributed by atoms with van der Waals surface area (Å²) < 4.78 is 0. The maximum Gasteiger partial charge on any atom is 0.135 e. The van der Waals surface area contributed by atoms with Gasteiger partial charge in [-0.2, -0.15) is 6.07 Å². The summed E-state index contributed by atoms with van der Waals surface area (Å²) in [6, 6.07) is 77.4. The molecule has 2 aliphatic heterocycles. The van der Waals surface area contributed by atoms with Crippen LogP contribution in [0, 0.1) is 18.8 Å². The van der Waals surface area contributed by atoms with Gasteiger partial charge in [-0.1, -0.05) is 179 Å². The van der Waals surface area contributed by atoms with Crippen LogP contribution in [0.1, 0.15) is 52.7 Å². The Morgan fingerprint density at radius 2 is 1.04 bits per heavy atom. The van der Waals surface area contributed by atoms with E-state index in [2.05, 4.69) is 262 Å². The zero-order valence-electron chi connectivity index (χ0n) is 39.2. The Kier molecular flexibility index (Phi) is 11.7. The van der Waals surface area contributed by atoms with Crippen molar-refractivity contribution < 1.29 is 21.1 Å². The van der Waals surface area contributed by atoms with Gasteiger partial charge in [-0.15, -0.1) is 53.8 Å². The molecule has 0 aliphatic carbocycles. The molecule has 0 amide bonds. The molecular formula is C62H52N5Pt-3. The minimum atomic E-state index is -0.0310. The van der Waals surface area contributed by atoms with Crippen LogP contribution in [0.25, 0.3) is 33.4 Å². The maximum absolute atomic E-state index is 4.95. The van der Waals surface area contributed by atoms with E-state index in [0.29, 0.717) is 0 Å². The summed E-state index contributed by atoms with van der Waals surface area (Å²) in [5.41, 5.74) is 18.2. The van der Waals surface area contributed by atoms with E-state index in [-0.39, 0.29) is 31.9 Å². The van der Waals surface area contributed by atoms with Crippen molar-refractivity contribution in [3.05, 3.63) is 230 Å². The predicted molar refractivity (Wildman–Crippen MR) is 280 cm³/mol. The molecule has 0 saturated heterocycles. The van der Waals surface area contributed by atoms with E-state index >= 15 is 0 Å². The number of benzene rings is 8. The molecule has 338 valence electrons. The molecule has 0 saturated carbocycles. The molecule has 2 aliphatic rings. The van der Waals surface area contributed by atoms with Crippen LogP contribution in [0.5, 0.6) is 0 Å². The zero-order chi connectivity index (χ0) is 45.9. The first-order valence-electron chi connectivity index (χ1n) is 23.1. The number of fused-ring (bicyclic) bond motifs is 6. The number of aromatic nitrogens is 1. The largest absolute Gasteiger partial charge is 0.493 e. The van der Waals surface area contributed by atoms with Gasteiger partial charge < -0.3 is 19.6 Å². The van der Waals surface area contributed by atoms with Gasteiger partial charge in [0.15, 0.2) is 0 Å². The third kappa shape index (κ3) is 8.20. The third-order valence-corrected chi connectivity index (χ3v) is 12.9. The summed E-state index contributed by atoms with van der Waals surface area (Å²) in [6.45, 7) is 16.0. The number of hydrogen-bond donors (Lipinski definition) is 0. The first-order valence-corrected chi connectivity index (χ1v) is 23.1. The quantitative estimate of drug-likeness (QED) is 0.148. The fourth-order valence-corrected chi connectivity index (χ4v) is 9.39. The Bertz CT molecular complexity index is 3230. The monoisotopic (exact) mass is 1060 g/mol. The van der Waals surface area contributed by atoms with Crippen LogP contribution in [0.4, 0.5) is 57.0 Å². The molecule has 9 aromatic rings. The van der Waals surface area contributed by atoms with Gasteiger partial charge in [-0.05, 0) is 87.7 Å². The molecule has 0 bridgehead atoms. The van der Waals surface area contributed by atoms with E-state index in [1.165, 1.54) is 16.7 Å². The molecule has 6 heteroatoms. The zero-order valence-corrected chi connectivity index (χ0v) is 41.5. The second kappa shape index (κ2) is 17.8. The van der Waals surface area contributed by atoms with Crippen molar-refractivity contribution in [1.82, 2.24) is 4.98 Å². The number of hydrogen-bond acceptors (Lipinski definition) is 5. The van der Waals surface area contributed by atoms with E-state index < -0.39 is 0 Å². The molecular weight excluding hydrogens is 1010 g/mol. The molecule has 11 rings (SSSR count). The molecule has 0 N–H and O–H groups in total. The minimum Gasteiger partial charge on any atom is -0.493 e. The van der Waals surface area contributed by atoms with Crippen molar-refractivity contribution >= 4 is 57.0 Å². The maximum atomic E-state index is 4.95. The molecule has 0 fully saturated rings. The van der Waals surface area contributed by atoms with Crippen molar-refractivity contribution in [3.63, 3.8) is 0 Å². The number of rotatable bonds is 7. The second-order valence-electron chi connectivity index (χ2n) is 19.5. The van der Waals surface area contributed by atoms with E-state index in [4.69, 9.17) is 4.98 Å².